The van der Waals surface area contributed by atoms with Gasteiger partial charge in [0, 0.05) is 17.2 Å². The molecule has 0 heterocycles. The van der Waals surface area contributed by atoms with E-state index in [1.54, 1.807) is 31.2 Å². The monoisotopic (exact) mass is 296 g/mol. The molecule has 5 heteroatoms. The van der Waals surface area contributed by atoms with E-state index in [0.717, 1.165) is 12.2 Å². The maximum Gasteiger partial charge on any atom is 0.336 e. The molecule has 0 aliphatic rings. The predicted molar refractivity (Wildman–Crippen MR) is 76.6 cm³/mol. The molecule has 0 bridgehead atoms. The minimum atomic E-state index is -0.651. The Morgan fingerprint density at radius 3 is 2.15 bits per heavy atom. The van der Waals surface area contributed by atoms with Crippen LogP contribution in [-0.2, 0) is 14.3 Å². The Bertz CT molecular complexity index is 491. The smallest absolute Gasteiger partial charge is 0.336 e. The van der Waals surface area contributed by atoms with Gasteiger partial charge in [0.05, 0.1) is 0 Å². The minimum Gasteiger partial charge on any atom is -0.459 e. The largest absolute Gasteiger partial charge is 0.459 e. The first kappa shape index (κ1) is 16.2. The number of esters is 2. The van der Waals surface area contributed by atoms with E-state index in [2.05, 4.69) is 0 Å². The van der Waals surface area contributed by atoms with Crippen molar-refractivity contribution in [2.24, 2.45) is 5.92 Å². The normalized spacial score (nSPS) is 12.4. The van der Waals surface area contributed by atoms with Crippen molar-refractivity contribution < 1.29 is 19.1 Å². The molecule has 0 aliphatic heterocycles. The molecule has 108 valence electrons. The van der Waals surface area contributed by atoms with Gasteiger partial charge in [-0.1, -0.05) is 25.4 Å². The molecule has 0 radical (unpaired) electrons. The Morgan fingerprint density at radius 2 is 1.60 bits per heavy atom. The van der Waals surface area contributed by atoms with Gasteiger partial charge < -0.3 is 9.47 Å². The Labute approximate surface area is 123 Å². The minimum absolute atomic E-state index is 0.209. The van der Waals surface area contributed by atoms with E-state index in [4.69, 9.17) is 21.1 Å². The lowest BCUT2D eigenvalue weighted by Crippen LogP contribution is -2.19. The summed E-state index contributed by atoms with van der Waals surface area (Å²) in [5, 5.41) is 0.548. The second-order valence-electron chi connectivity index (χ2n) is 4.59. The van der Waals surface area contributed by atoms with Crippen LogP contribution in [0.5, 0.6) is 5.75 Å². The summed E-state index contributed by atoms with van der Waals surface area (Å²) in [5.74, 6) is -0.651. The highest BCUT2D eigenvalue weighted by atomic mass is 35.5. The van der Waals surface area contributed by atoms with Crippen LogP contribution in [0.1, 0.15) is 20.8 Å². The Balaban J connectivity index is 2.47. The number of carbonyl (C=O) groups excluding carboxylic acids is 2. The zero-order valence-corrected chi connectivity index (χ0v) is 12.4. The topological polar surface area (TPSA) is 52.6 Å². The number of halogens is 1. The van der Waals surface area contributed by atoms with Gasteiger partial charge in [0.25, 0.3) is 0 Å². The number of ether oxygens (including phenoxy) is 2. The van der Waals surface area contributed by atoms with E-state index in [9.17, 15) is 9.59 Å². The summed E-state index contributed by atoms with van der Waals surface area (Å²) in [7, 11) is 0. The second-order valence-corrected chi connectivity index (χ2v) is 5.03. The summed E-state index contributed by atoms with van der Waals surface area (Å²) < 4.78 is 10.1. The average molecular weight is 297 g/mol. The molecule has 1 aromatic rings. The zero-order valence-electron chi connectivity index (χ0n) is 11.6. The molecular formula is C15H17ClO4. The van der Waals surface area contributed by atoms with Gasteiger partial charge in [-0.3, -0.25) is 0 Å². The Morgan fingerprint density at radius 1 is 1.05 bits per heavy atom. The quantitative estimate of drug-likeness (QED) is 0.475. The van der Waals surface area contributed by atoms with Crippen molar-refractivity contribution >= 4 is 23.5 Å². The molecular weight excluding hydrogens is 280 g/mol. The van der Waals surface area contributed by atoms with Gasteiger partial charge in [0.15, 0.2) is 0 Å². The fraction of sp³-hybridized carbons (Fsp3) is 0.333. The molecule has 0 fully saturated rings. The Hall–Kier alpha value is -1.81. The summed E-state index contributed by atoms with van der Waals surface area (Å²) in [4.78, 5) is 22.9. The van der Waals surface area contributed by atoms with Gasteiger partial charge >= 0.3 is 11.9 Å². The van der Waals surface area contributed by atoms with Crippen LogP contribution in [0.15, 0.2) is 36.4 Å². The first-order valence-corrected chi connectivity index (χ1v) is 6.62. The van der Waals surface area contributed by atoms with Crippen LogP contribution in [0, 0.1) is 5.92 Å². The van der Waals surface area contributed by atoms with Gasteiger partial charge in [-0.05, 0) is 37.1 Å². The van der Waals surface area contributed by atoms with Crippen molar-refractivity contribution in [1.82, 2.24) is 0 Å². The molecule has 0 saturated carbocycles. The maximum atomic E-state index is 11.5. The molecule has 4 nitrogen and oxygen atoms in total. The van der Waals surface area contributed by atoms with Crippen LogP contribution < -0.4 is 4.74 Å². The zero-order chi connectivity index (χ0) is 15.1. The van der Waals surface area contributed by atoms with Crippen LogP contribution in [0.25, 0.3) is 0 Å². The van der Waals surface area contributed by atoms with Crippen LogP contribution in [0.4, 0.5) is 0 Å². The van der Waals surface area contributed by atoms with Gasteiger partial charge in [-0.2, -0.15) is 0 Å². The first-order valence-electron chi connectivity index (χ1n) is 6.24. The fourth-order valence-corrected chi connectivity index (χ4v) is 1.27. The standard InChI is InChI=1S/C15H17ClO4/c1-10(2)11(3)19-14(17)8-9-15(18)20-13-6-4-12(16)5-7-13/h4-11H,1-3H3/b9-8+. The number of hydrogen-bond acceptors (Lipinski definition) is 4. The summed E-state index contributed by atoms with van der Waals surface area (Å²) in [6, 6.07) is 6.33. The van der Waals surface area contributed by atoms with Crippen LogP contribution in [0.3, 0.4) is 0 Å². The summed E-state index contributed by atoms with van der Waals surface area (Å²) in [5.41, 5.74) is 0. The third kappa shape index (κ3) is 5.89. The summed E-state index contributed by atoms with van der Waals surface area (Å²) in [6.07, 6.45) is 1.88. The first-order chi connectivity index (χ1) is 9.38. The second kappa shape index (κ2) is 7.70. The third-order valence-corrected chi connectivity index (χ3v) is 2.88. The lowest BCUT2D eigenvalue weighted by molar-refractivity contribution is -0.144. The highest BCUT2D eigenvalue weighted by Gasteiger charge is 2.11. The van der Waals surface area contributed by atoms with Gasteiger partial charge in [-0.25, -0.2) is 9.59 Å². The number of rotatable bonds is 5. The summed E-state index contributed by atoms with van der Waals surface area (Å²) in [6.45, 7) is 5.68. The van der Waals surface area contributed by atoms with E-state index in [1.807, 2.05) is 13.8 Å². The Kier molecular flexibility index (Phi) is 6.25. The molecule has 0 amide bonds. The molecule has 1 rings (SSSR count). The lowest BCUT2D eigenvalue weighted by atomic mass is 10.1. The number of hydrogen-bond donors (Lipinski definition) is 0. The van der Waals surface area contributed by atoms with Crippen LogP contribution in [0.2, 0.25) is 5.02 Å². The number of carbonyl (C=O) groups is 2. The predicted octanol–water partition coefficient (Wildman–Crippen LogP) is 3.39. The molecule has 0 N–H and O–H groups in total. The van der Waals surface area contributed by atoms with Crippen LogP contribution in [-0.4, -0.2) is 18.0 Å². The molecule has 1 unspecified atom stereocenters. The van der Waals surface area contributed by atoms with Crippen molar-refractivity contribution in [3.63, 3.8) is 0 Å². The lowest BCUT2D eigenvalue weighted by Gasteiger charge is -2.14. The van der Waals surface area contributed by atoms with Crippen molar-refractivity contribution in [3.8, 4) is 5.75 Å². The highest BCUT2D eigenvalue weighted by molar-refractivity contribution is 6.30. The van der Waals surface area contributed by atoms with Gasteiger partial charge in [-0.15, -0.1) is 0 Å². The highest BCUT2D eigenvalue weighted by Crippen LogP contribution is 2.15. The van der Waals surface area contributed by atoms with E-state index in [-0.39, 0.29) is 12.0 Å². The van der Waals surface area contributed by atoms with Crippen molar-refractivity contribution in [2.45, 2.75) is 26.9 Å². The van der Waals surface area contributed by atoms with E-state index in [1.165, 1.54) is 0 Å². The molecule has 0 spiro atoms. The van der Waals surface area contributed by atoms with E-state index < -0.39 is 11.9 Å². The molecule has 1 atom stereocenters. The summed E-state index contributed by atoms with van der Waals surface area (Å²) >= 11 is 5.71. The van der Waals surface area contributed by atoms with Gasteiger partial charge in [0.2, 0.25) is 0 Å². The van der Waals surface area contributed by atoms with Gasteiger partial charge in [0.1, 0.15) is 11.9 Å². The SMILES string of the molecule is CC(C)C(C)OC(=O)/C=C/C(=O)Oc1ccc(Cl)cc1. The molecule has 1 aromatic carbocycles. The third-order valence-electron chi connectivity index (χ3n) is 2.63. The van der Waals surface area contributed by atoms with Crippen molar-refractivity contribution in [3.05, 3.63) is 41.4 Å². The number of benzene rings is 1. The maximum absolute atomic E-state index is 11.5. The van der Waals surface area contributed by atoms with Crippen LogP contribution >= 0.6 is 11.6 Å². The fourth-order valence-electron chi connectivity index (χ4n) is 1.15. The van der Waals surface area contributed by atoms with E-state index in [0.29, 0.717) is 10.8 Å². The van der Waals surface area contributed by atoms with Crippen molar-refractivity contribution in [1.29, 1.82) is 0 Å². The molecule has 0 saturated heterocycles. The molecule has 20 heavy (non-hydrogen) atoms. The molecule has 0 aliphatic carbocycles. The van der Waals surface area contributed by atoms with E-state index >= 15 is 0 Å². The average Bonchev–Trinajstić information content (AvgIpc) is 2.39. The molecule has 0 aromatic heterocycles. The van der Waals surface area contributed by atoms with Crippen molar-refractivity contribution in [2.75, 3.05) is 0 Å².